The van der Waals surface area contributed by atoms with Crippen molar-refractivity contribution in [2.45, 2.75) is 12.7 Å². The fraction of sp³-hybridized carbons (Fsp3) is 0.154. The van der Waals surface area contributed by atoms with Gasteiger partial charge >= 0.3 is 6.18 Å². The molecule has 0 saturated heterocycles. The molecule has 2 rings (SSSR count). The van der Waals surface area contributed by atoms with E-state index >= 15 is 0 Å². The van der Waals surface area contributed by atoms with E-state index in [4.69, 9.17) is 5.26 Å². The molecule has 1 aromatic heterocycles. The van der Waals surface area contributed by atoms with Gasteiger partial charge < -0.3 is 5.32 Å². The van der Waals surface area contributed by atoms with E-state index in [0.29, 0.717) is 12.2 Å². The van der Waals surface area contributed by atoms with E-state index in [1.807, 2.05) is 12.1 Å². The molecule has 0 aliphatic heterocycles. The lowest BCUT2D eigenvalue weighted by Gasteiger charge is -2.11. The lowest BCUT2D eigenvalue weighted by Crippen LogP contribution is -2.07. The Bertz CT molecular complexity index is 658. The normalized spacial score (nSPS) is 11.2. The summed E-state index contributed by atoms with van der Waals surface area (Å²) in [6.45, 7) is 0.455. The van der Waals surface area contributed by atoms with Crippen molar-refractivity contribution in [2.75, 3.05) is 5.32 Å². The fourth-order valence-electron chi connectivity index (χ4n) is 1.60. The molecule has 0 fully saturated rings. The SMILES string of the molecule is N#Cc1cc(C(F)(F)F)ccc1NCc1ccc(Br)s1. The van der Waals surface area contributed by atoms with Gasteiger partial charge in [-0.3, -0.25) is 0 Å². The molecule has 0 saturated carbocycles. The molecule has 0 aliphatic carbocycles. The van der Waals surface area contributed by atoms with Gasteiger partial charge in [0.2, 0.25) is 0 Å². The summed E-state index contributed by atoms with van der Waals surface area (Å²) in [5.74, 6) is 0. The molecule has 0 bridgehead atoms. The fourth-order valence-corrected chi connectivity index (χ4v) is 3.02. The van der Waals surface area contributed by atoms with Gasteiger partial charge in [0.15, 0.2) is 0 Å². The van der Waals surface area contributed by atoms with Crippen molar-refractivity contribution in [1.82, 2.24) is 0 Å². The van der Waals surface area contributed by atoms with E-state index < -0.39 is 11.7 Å². The maximum Gasteiger partial charge on any atom is 0.416 e. The van der Waals surface area contributed by atoms with E-state index in [9.17, 15) is 13.2 Å². The maximum absolute atomic E-state index is 12.6. The Labute approximate surface area is 126 Å². The molecule has 0 unspecified atom stereocenters. The molecule has 1 heterocycles. The van der Waals surface area contributed by atoms with Crippen LogP contribution in [0.25, 0.3) is 0 Å². The van der Waals surface area contributed by atoms with Crippen LogP contribution < -0.4 is 5.32 Å². The second kappa shape index (κ2) is 5.85. The van der Waals surface area contributed by atoms with Crippen LogP contribution in [0.2, 0.25) is 0 Å². The summed E-state index contributed by atoms with van der Waals surface area (Å²) >= 11 is 4.85. The molecule has 7 heteroatoms. The molecule has 2 aromatic rings. The summed E-state index contributed by atoms with van der Waals surface area (Å²) in [6.07, 6.45) is -4.44. The highest BCUT2D eigenvalue weighted by atomic mass is 79.9. The zero-order chi connectivity index (χ0) is 14.8. The minimum Gasteiger partial charge on any atom is -0.379 e. The van der Waals surface area contributed by atoms with Crippen molar-refractivity contribution in [1.29, 1.82) is 5.26 Å². The highest BCUT2D eigenvalue weighted by Gasteiger charge is 2.31. The van der Waals surface area contributed by atoms with Gasteiger partial charge in [0, 0.05) is 11.4 Å². The largest absolute Gasteiger partial charge is 0.416 e. The van der Waals surface area contributed by atoms with Crippen LogP contribution >= 0.6 is 27.3 Å². The number of benzene rings is 1. The summed E-state index contributed by atoms with van der Waals surface area (Å²) < 4.78 is 38.6. The monoisotopic (exact) mass is 360 g/mol. The van der Waals surface area contributed by atoms with E-state index in [0.717, 1.165) is 20.8 Å². The minimum atomic E-state index is -4.44. The second-order valence-electron chi connectivity index (χ2n) is 3.93. The first-order chi connectivity index (χ1) is 9.40. The van der Waals surface area contributed by atoms with Crippen LogP contribution in [-0.4, -0.2) is 0 Å². The molecule has 20 heavy (non-hydrogen) atoms. The zero-order valence-corrected chi connectivity index (χ0v) is 12.4. The number of halogens is 4. The molecule has 1 aromatic carbocycles. The maximum atomic E-state index is 12.6. The summed E-state index contributed by atoms with van der Waals surface area (Å²) in [5.41, 5.74) is -0.445. The molecule has 0 atom stereocenters. The molecule has 0 spiro atoms. The van der Waals surface area contributed by atoms with Crippen LogP contribution in [0, 0.1) is 11.3 Å². The highest BCUT2D eigenvalue weighted by Crippen LogP contribution is 2.32. The first kappa shape index (κ1) is 14.9. The number of rotatable bonds is 3. The van der Waals surface area contributed by atoms with Gasteiger partial charge in [-0.25, -0.2) is 0 Å². The first-order valence-electron chi connectivity index (χ1n) is 5.49. The molecule has 0 amide bonds. The highest BCUT2D eigenvalue weighted by molar-refractivity contribution is 9.11. The van der Waals surface area contributed by atoms with Gasteiger partial charge in [0.05, 0.1) is 20.6 Å². The van der Waals surface area contributed by atoms with Crippen LogP contribution in [0.3, 0.4) is 0 Å². The molecular formula is C13H8BrF3N2S. The summed E-state index contributed by atoms with van der Waals surface area (Å²) in [7, 11) is 0. The Morgan fingerprint density at radius 1 is 1.25 bits per heavy atom. The van der Waals surface area contributed by atoms with Crippen molar-refractivity contribution < 1.29 is 13.2 Å². The van der Waals surface area contributed by atoms with Crippen LogP contribution in [0.5, 0.6) is 0 Å². The van der Waals surface area contributed by atoms with Crippen molar-refractivity contribution in [3.8, 4) is 6.07 Å². The zero-order valence-electron chi connectivity index (χ0n) is 9.96. The second-order valence-corrected chi connectivity index (χ2v) is 6.48. The van der Waals surface area contributed by atoms with E-state index in [-0.39, 0.29) is 5.56 Å². The number of hydrogen-bond donors (Lipinski definition) is 1. The average Bonchev–Trinajstić information content (AvgIpc) is 2.81. The molecule has 1 N–H and O–H groups in total. The van der Waals surface area contributed by atoms with Crippen LogP contribution in [0.4, 0.5) is 18.9 Å². The van der Waals surface area contributed by atoms with Gasteiger partial charge in [0.25, 0.3) is 0 Å². The predicted octanol–water partition coefficient (Wildman–Crippen LogP) is 5.01. The topological polar surface area (TPSA) is 35.8 Å². The van der Waals surface area contributed by atoms with Crippen LogP contribution in [0.15, 0.2) is 34.1 Å². The smallest absolute Gasteiger partial charge is 0.379 e. The summed E-state index contributed by atoms with van der Waals surface area (Å²) in [5, 5.41) is 11.9. The third kappa shape index (κ3) is 3.52. The van der Waals surface area contributed by atoms with Crippen molar-refractivity contribution >= 4 is 33.0 Å². The van der Waals surface area contributed by atoms with Crippen molar-refractivity contribution in [3.63, 3.8) is 0 Å². The molecule has 104 valence electrons. The number of alkyl halides is 3. The van der Waals surface area contributed by atoms with Crippen LogP contribution in [0.1, 0.15) is 16.0 Å². The number of hydrogen-bond acceptors (Lipinski definition) is 3. The number of anilines is 1. The van der Waals surface area contributed by atoms with E-state index in [1.165, 1.54) is 17.4 Å². The van der Waals surface area contributed by atoms with Crippen LogP contribution in [-0.2, 0) is 12.7 Å². The lowest BCUT2D eigenvalue weighted by molar-refractivity contribution is -0.137. The van der Waals surface area contributed by atoms with Gasteiger partial charge in [-0.1, -0.05) is 0 Å². The van der Waals surface area contributed by atoms with Gasteiger partial charge in [-0.2, -0.15) is 18.4 Å². The summed E-state index contributed by atoms with van der Waals surface area (Å²) in [6, 6.07) is 8.67. The van der Waals surface area contributed by atoms with Gasteiger partial charge in [-0.05, 0) is 46.3 Å². The quantitative estimate of drug-likeness (QED) is 0.834. The minimum absolute atomic E-state index is 0.0181. The lowest BCUT2D eigenvalue weighted by atomic mass is 10.1. The predicted molar refractivity (Wildman–Crippen MR) is 75.5 cm³/mol. The standard InChI is InChI=1S/C13H8BrF3N2S/c14-12-4-2-10(20-12)7-19-11-3-1-9(13(15,16)17)5-8(11)6-18/h1-5,19H,7H2. The first-order valence-corrected chi connectivity index (χ1v) is 7.10. The Morgan fingerprint density at radius 2 is 2.00 bits per heavy atom. The third-order valence-electron chi connectivity index (χ3n) is 2.55. The van der Waals surface area contributed by atoms with E-state index in [2.05, 4.69) is 21.2 Å². The molecule has 0 aliphatic rings. The summed E-state index contributed by atoms with van der Waals surface area (Å²) in [4.78, 5) is 1.01. The molecular weight excluding hydrogens is 353 g/mol. The molecule has 0 radical (unpaired) electrons. The molecule has 2 nitrogen and oxygen atoms in total. The number of thiophene rings is 1. The average molecular weight is 361 g/mol. The Morgan fingerprint density at radius 3 is 2.55 bits per heavy atom. The number of nitriles is 1. The Balaban J connectivity index is 2.18. The Kier molecular flexibility index (Phi) is 4.35. The van der Waals surface area contributed by atoms with Crippen molar-refractivity contribution in [2.24, 2.45) is 0 Å². The van der Waals surface area contributed by atoms with Gasteiger partial charge in [0.1, 0.15) is 6.07 Å². The number of nitrogens with zero attached hydrogens (tertiary/aromatic N) is 1. The van der Waals surface area contributed by atoms with Gasteiger partial charge in [-0.15, -0.1) is 11.3 Å². The van der Waals surface area contributed by atoms with Crippen molar-refractivity contribution in [3.05, 3.63) is 50.1 Å². The number of nitrogens with one attached hydrogen (secondary N) is 1. The third-order valence-corrected chi connectivity index (χ3v) is 4.17. The van der Waals surface area contributed by atoms with E-state index in [1.54, 1.807) is 6.07 Å². The Hall–Kier alpha value is -1.52.